The Morgan fingerprint density at radius 1 is 1.45 bits per heavy atom. The summed E-state index contributed by atoms with van der Waals surface area (Å²) in [5.41, 5.74) is 2.09. The fourth-order valence-corrected chi connectivity index (χ4v) is 2.64. The summed E-state index contributed by atoms with van der Waals surface area (Å²) >= 11 is 0. The molecule has 1 aliphatic heterocycles. The molecule has 1 N–H and O–H groups in total. The van der Waals surface area contributed by atoms with Crippen molar-refractivity contribution in [1.82, 2.24) is 15.1 Å². The van der Waals surface area contributed by atoms with E-state index in [0.717, 1.165) is 18.5 Å². The Balaban J connectivity index is 2.09. The van der Waals surface area contributed by atoms with Crippen molar-refractivity contribution in [2.75, 3.05) is 19.7 Å². The zero-order valence-electron chi connectivity index (χ0n) is 12.2. The normalized spacial score (nSPS) is 18.9. The van der Waals surface area contributed by atoms with Crippen LogP contribution in [-0.4, -0.2) is 46.7 Å². The van der Waals surface area contributed by atoms with E-state index >= 15 is 0 Å². The molecule has 1 aromatic heterocycles. The number of aromatic nitrogens is 2. The standard InChI is InChI=1S/C14H21N3O3/c1-4-20-14(19)11-6-5-7-17(8-11)13(18)12-9(2)15-16-10(12)3/h11H,4-8H2,1-3H3,(H,15,16)/t11-/m1/s1. The number of nitrogens with one attached hydrogen (secondary N) is 1. The molecule has 1 saturated heterocycles. The molecule has 0 saturated carbocycles. The van der Waals surface area contributed by atoms with Gasteiger partial charge in [0.05, 0.1) is 23.8 Å². The van der Waals surface area contributed by atoms with Gasteiger partial charge in [-0.25, -0.2) is 0 Å². The van der Waals surface area contributed by atoms with E-state index in [9.17, 15) is 9.59 Å². The van der Waals surface area contributed by atoms with Crippen molar-refractivity contribution in [3.05, 3.63) is 17.0 Å². The van der Waals surface area contributed by atoms with E-state index < -0.39 is 0 Å². The Labute approximate surface area is 118 Å². The van der Waals surface area contributed by atoms with Gasteiger partial charge >= 0.3 is 5.97 Å². The van der Waals surface area contributed by atoms with Crippen LogP contribution in [0.4, 0.5) is 0 Å². The van der Waals surface area contributed by atoms with Crippen molar-refractivity contribution in [3.8, 4) is 0 Å². The molecule has 20 heavy (non-hydrogen) atoms. The maximum atomic E-state index is 12.5. The van der Waals surface area contributed by atoms with Crippen LogP contribution in [0.3, 0.4) is 0 Å². The van der Waals surface area contributed by atoms with E-state index in [0.29, 0.717) is 31.0 Å². The van der Waals surface area contributed by atoms with Gasteiger partial charge in [0.2, 0.25) is 0 Å². The molecule has 2 heterocycles. The maximum absolute atomic E-state index is 12.5. The number of aromatic amines is 1. The molecule has 1 amide bonds. The third kappa shape index (κ3) is 2.84. The first-order valence-corrected chi connectivity index (χ1v) is 7.02. The number of aryl methyl sites for hydroxylation is 2. The molecule has 0 spiro atoms. The number of carbonyl (C=O) groups is 2. The molecule has 0 aromatic carbocycles. The average Bonchev–Trinajstić information content (AvgIpc) is 2.78. The smallest absolute Gasteiger partial charge is 0.310 e. The Bertz CT molecular complexity index is 490. The summed E-state index contributed by atoms with van der Waals surface area (Å²) in [5, 5.41) is 6.87. The second kappa shape index (κ2) is 6.07. The summed E-state index contributed by atoms with van der Waals surface area (Å²) in [4.78, 5) is 26.1. The molecule has 1 atom stereocenters. The minimum Gasteiger partial charge on any atom is -0.466 e. The van der Waals surface area contributed by atoms with Gasteiger partial charge in [-0.1, -0.05) is 0 Å². The number of rotatable bonds is 3. The van der Waals surface area contributed by atoms with E-state index in [1.165, 1.54) is 0 Å². The SMILES string of the molecule is CCOC(=O)[C@@H]1CCCN(C(=O)c2c(C)n[nH]c2C)C1. The van der Waals surface area contributed by atoms with Crippen molar-refractivity contribution in [1.29, 1.82) is 0 Å². The molecule has 1 aromatic rings. The van der Waals surface area contributed by atoms with Crippen molar-refractivity contribution in [2.45, 2.75) is 33.6 Å². The highest BCUT2D eigenvalue weighted by molar-refractivity contribution is 5.96. The van der Waals surface area contributed by atoms with Crippen LogP contribution in [0.25, 0.3) is 0 Å². The summed E-state index contributed by atoms with van der Waals surface area (Å²) in [6.45, 7) is 6.93. The van der Waals surface area contributed by atoms with Gasteiger partial charge in [0, 0.05) is 18.8 Å². The molecule has 0 unspecified atom stereocenters. The molecule has 1 aliphatic rings. The lowest BCUT2D eigenvalue weighted by Gasteiger charge is -2.31. The van der Waals surface area contributed by atoms with E-state index in [1.807, 2.05) is 13.8 Å². The second-order valence-corrected chi connectivity index (χ2v) is 5.15. The Hall–Kier alpha value is -1.85. The topological polar surface area (TPSA) is 75.3 Å². The van der Waals surface area contributed by atoms with Gasteiger partial charge in [-0.15, -0.1) is 0 Å². The highest BCUT2D eigenvalue weighted by Gasteiger charge is 2.31. The fraction of sp³-hybridized carbons (Fsp3) is 0.643. The molecular weight excluding hydrogens is 258 g/mol. The highest BCUT2D eigenvalue weighted by atomic mass is 16.5. The summed E-state index contributed by atoms with van der Waals surface area (Å²) in [6, 6.07) is 0. The first-order valence-electron chi connectivity index (χ1n) is 7.02. The zero-order chi connectivity index (χ0) is 14.7. The molecule has 0 radical (unpaired) electrons. The van der Waals surface area contributed by atoms with Gasteiger partial charge < -0.3 is 9.64 Å². The van der Waals surface area contributed by atoms with Gasteiger partial charge in [0.1, 0.15) is 0 Å². The van der Waals surface area contributed by atoms with Crippen LogP contribution >= 0.6 is 0 Å². The molecule has 0 bridgehead atoms. The van der Waals surface area contributed by atoms with E-state index in [-0.39, 0.29) is 17.8 Å². The predicted octanol–water partition coefficient (Wildman–Crippen LogP) is 1.44. The summed E-state index contributed by atoms with van der Waals surface area (Å²) in [6.07, 6.45) is 1.61. The molecule has 110 valence electrons. The Kier molecular flexibility index (Phi) is 4.42. The number of nitrogens with zero attached hydrogens (tertiary/aromatic N) is 2. The van der Waals surface area contributed by atoms with E-state index in [2.05, 4.69) is 10.2 Å². The molecular formula is C14H21N3O3. The number of esters is 1. The van der Waals surface area contributed by atoms with Crippen LogP contribution in [0, 0.1) is 19.8 Å². The highest BCUT2D eigenvalue weighted by Crippen LogP contribution is 2.21. The van der Waals surface area contributed by atoms with E-state index in [4.69, 9.17) is 4.74 Å². The van der Waals surface area contributed by atoms with Crippen LogP contribution in [0.15, 0.2) is 0 Å². The lowest BCUT2D eigenvalue weighted by molar-refractivity contribution is -0.149. The van der Waals surface area contributed by atoms with Crippen molar-refractivity contribution >= 4 is 11.9 Å². The molecule has 0 aliphatic carbocycles. The van der Waals surface area contributed by atoms with Crippen molar-refractivity contribution < 1.29 is 14.3 Å². The van der Waals surface area contributed by atoms with Crippen molar-refractivity contribution in [2.24, 2.45) is 5.92 Å². The number of hydrogen-bond acceptors (Lipinski definition) is 4. The van der Waals surface area contributed by atoms with Crippen LogP contribution in [0.5, 0.6) is 0 Å². The monoisotopic (exact) mass is 279 g/mol. The lowest BCUT2D eigenvalue weighted by atomic mass is 9.97. The number of piperidine rings is 1. The van der Waals surface area contributed by atoms with E-state index in [1.54, 1.807) is 11.8 Å². The summed E-state index contributed by atoms with van der Waals surface area (Å²) in [7, 11) is 0. The average molecular weight is 279 g/mol. The Morgan fingerprint density at radius 2 is 2.20 bits per heavy atom. The van der Waals surface area contributed by atoms with Crippen LogP contribution in [0.1, 0.15) is 41.5 Å². The molecule has 1 fully saturated rings. The van der Waals surface area contributed by atoms with Gasteiger partial charge in [0.15, 0.2) is 0 Å². The minimum absolute atomic E-state index is 0.0530. The summed E-state index contributed by atoms with van der Waals surface area (Å²) in [5.74, 6) is -0.464. The van der Waals surface area contributed by atoms with Crippen LogP contribution in [0.2, 0.25) is 0 Å². The number of H-pyrrole nitrogens is 1. The quantitative estimate of drug-likeness (QED) is 0.850. The third-order valence-electron chi connectivity index (χ3n) is 3.67. The number of carbonyl (C=O) groups excluding carboxylic acids is 2. The first kappa shape index (κ1) is 14.6. The largest absolute Gasteiger partial charge is 0.466 e. The second-order valence-electron chi connectivity index (χ2n) is 5.15. The fourth-order valence-electron chi connectivity index (χ4n) is 2.64. The third-order valence-corrected chi connectivity index (χ3v) is 3.67. The maximum Gasteiger partial charge on any atom is 0.310 e. The van der Waals surface area contributed by atoms with Gasteiger partial charge in [-0.3, -0.25) is 14.7 Å². The predicted molar refractivity (Wildman–Crippen MR) is 73.3 cm³/mol. The number of amides is 1. The molecule has 6 heteroatoms. The summed E-state index contributed by atoms with van der Waals surface area (Å²) < 4.78 is 5.05. The number of ether oxygens (including phenoxy) is 1. The van der Waals surface area contributed by atoms with Gasteiger partial charge in [-0.2, -0.15) is 5.10 Å². The van der Waals surface area contributed by atoms with Gasteiger partial charge in [-0.05, 0) is 33.6 Å². The van der Waals surface area contributed by atoms with Crippen LogP contribution < -0.4 is 0 Å². The zero-order valence-corrected chi connectivity index (χ0v) is 12.2. The van der Waals surface area contributed by atoms with Crippen molar-refractivity contribution in [3.63, 3.8) is 0 Å². The first-order chi connectivity index (χ1) is 9.54. The number of hydrogen-bond donors (Lipinski definition) is 1. The lowest BCUT2D eigenvalue weighted by Crippen LogP contribution is -2.43. The molecule has 6 nitrogen and oxygen atoms in total. The Morgan fingerprint density at radius 3 is 2.80 bits per heavy atom. The minimum atomic E-state index is -0.208. The van der Waals surface area contributed by atoms with Gasteiger partial charge in [0.25, 0.3) is 5.91 Å². The molecule has 2 rings (SSSR count). The number of likely N-dealkylation sites (tertiary alicyclic amines) is 1. The van der Waals surface area contributed by atoms with Crippen LogP contribution in [-0.2, 0) is 9.53 Å².